The van der Waals surface area contributed by atoms with Crippen molar-refractivity contribution >= 4 is 23.4 Å². The predicted octanol–water partition coefficient (Wildman–Crippen LogP) is 3.45. The quantitative estimate of drug-likeness (QED) is 0.844. The van der Waals surface area contributed by atoms with Crippen molar-refractivity contribution in [2.24, 2.45) is 5.41 Å². The molecule has 1 aliphatic heterocycles. The Morgan fingerprint density at radius 1 is 1.37 bits per heavy atom. The summed E-state index contributed by atoms with van der Waals surface area (Å²) in [6.45, 7) is 6.15. The lowest BCUT2D eigenvalue weighted by molar-refractivity contribution is 0.0697. The van der Waals surface area contributed by atoms with Gasteiger partial charge < -0.3 is 10.0 Å². The first-order valence-electron chi connectivity index (χ1n) is 6.54. The molecule has 1 aromatic rings. The monoisotopic (exact) mass is 282 g/mol. The number of carbonyl (C=O) groups is 1. The van der Waals surface area contributed by atoms with E-state index in [4.69, 9.17) is 11.6 Å². The van der Waals surface area contributed by atoms with Gasteiger partial charge in [0.1, 0.15) is 16.5 Å². The lowest BCUT2D eigenvalue weighted by Gasteiger charge is -2.25. The van der Waals surface area contributed by atoms with Crippen molar-refractivity contribution in [1.29, 1.82) is 0 Å². The Balaban J connectivity index is 2.30. The van der Waals surface area contributed by atoms with Crippen LogP contribution in [-0.4, -0.2) is 29.1 Å². The molecule has 19 heavy (non-hydrogen) atoms. The average molecular weight is 283 g/mol. The van der Waals surface area contributed by atoms with Crippen LogP contribution in [0.3, 0.4) is 0 Å². The van der Waals surface area contributed by atoms with Crippen molar-refractivity contribution in [1.82, 2.24) is 4.98 Å². The van der Waals surface area contributed by atoms with Crippen LogP contribution in [0.2, 0.25) is 5.15 Å². The Morgan fingerprint density at radius 3 is 2.79 bits per heavy atom. The minimum absolute atomic E-state index is 0.226. The largest absolute Gasteiger partial charge is 0.478 e. The molecule has 0 bridgehead atoms. The Kier molecular flexibility index (Phi) is 3.99. The van der Waals surface area contributed by atoms with Crippen molar-refractivity contribution in [2.45, 2.75) is 33.1 Å². The number of hydrogen-bond donors (Lipinski definition) is 1. The molecule has 5 heteroatoms. The molecule has 4 nitrogen and oxygen atoms in total. The van der Waals surface area contributed by atoms with Crippen molar-refractivity contribution < 1.29 is 9.90 Å². The molecule has 0 saturated carbocycles. The first-order valence-corrected chi connectivity index (χ1v) is 6.92. The third-order valence-electron chi connectivity index (χ3n) is 3.71. The molecular weight excluding hydrogens is 264 g/mol. The van der Waals surface area contributed by atoms with E-state index in [9.17, 15) is 9.90 Å². The van der Waals surface area contributed by atoms with Crippen LogP contribution in [0.4, 0.5) is 5.82 Å². The van der Waals surface area contributed by atoms with Gasteiger partial charge >= 0.3 is 5.97 Å². The Bertz CT molecular complexity index is 488. The molecule has 0 unspecified atom stereocenters. The summed E-state index contributed by atoms with van der Waals surface area (Å²) in [5, 5.41) is 9.59. The molecule has 1 aromatic heterocycles. The zero-order valence-corrected chi connectivity index (χ0v) is 12.1. The molecule has 0 aromatic carbocycles. The van der Waals surface area contributed by atoms with E-state index in [1.54, 1.807) is 0 Å². The zero-order chi connectivity index (χ0) is 14.0. The number of rotatable bonds is 2. The maximum atomic E-state index is 11.3. The highest BCUT2D eigenvalue weighted by Crippen LogP contribution is 2.32. The van der Waals surface area contributed by atoms with E-state index in [-0.39, 0.29) is 5.56 Å². The van der Waals surface area contributed by atoms with E-state index in [2.05, 4.69) is 18.8 Å². The van der Waals surface area contributed by atoms with Gasteiger partial charge in [-0.1, -0.05) is 25.4 Å². The van der Waals surface area contributed by atoms with Gasteiger partial charge in [-0.2, -0.15) is 0 Å². The minimum atomic E-state index is -0.956. The van der Waals surface area contributed by atoms with Gasteiger partial charge in [0, 0.05) is 13.1 Å². The highest BCUT2D eigenvalue weighted by molar-refractivity contribution is 6.29. The molecular formula is C14H19ClN2O2. The fourth-order valence-electron chi connectivity index (χ4n) is 2.47. The van der Waals surface area contributed by atoms with Crippen LogP contribution in [0, 0.1) is 5.41 Å². The van der Waals surface area contributed by atoms with E-state index >= 15 is 0 Å². The van der Waals surface area contributed by atoms with E-state index < -0.39 is 5.97 Å². The van der Waals surface area contributed by atoms with E-state index in [1.807, 2.05) is 4.90 Å². The second-order valence-corrected chi connectivity index (χ2v) is 6.20. The van der Waals surface area contributed by atoms with Crippen LogP contribution in [0.5, 0.6) is 0 Å². The highest BCUT2D eigenvalue weighted by atomic mass is 35.5. The summed E-state index contributed by atoms with van der Waals surface area (Å²) < 4.78 is 0. The number of nitrogens with zero attached hydrogens (tertiary/aromatic N) is 2. The summed E-state index contributed by atoms with van der Waals surface area (Å²) in [5.74, 6) is -0.458. The molecule has 0 spiro atoms. The Hall–Kier alpha value is -1.29. The van der Waals surface area contributed by atoms with E-state index in [0.29, 0.717) is 16.4 Å². The van der Waals surface area contributed by atoms with Gasteiger partial charge in [0.15, 0.2) is 0 Å². The second kappa shape index (κ2) is 5.37. The van der Waals surface area contributed by atoms with Gasteiger partial charge in [0.25, 0.3) is 0 Å². The minimum Gasteiger partial charge on any atom is -0.478 e. The molecule has 1 saturated heterocycles. The number of hydrogen-bond acceptors (Lipinski definition) is 3. The third kappa shape index (κ3) is 3.38. The second-order valence-electron chi connectivity index (χ2n) is 5.82. The lowest BCUT2D eigenvalue weighted by atomic mass is 9.85. The van der Waals surface area contributed by atoms with Crippen molar-refractivity contribution in [3.63, 3.8) is 0 Å². The SMILES string of the molecule is CC1(C)CCCN(c2nc(Cl)ccc2C(=O)O)CC1. The number of anilines is 1. The first kappa shape index (κ1) is 14.1. The fraction of sp³-hybridized carbons (Fsp3) is 0.571. The molecule has 1 fully saturated rings. The van der Waals surface area contributed by atoms with Gasteiger partial charge in [-0.3, -0.25) is 0 Å². The third-order valence-corrected chi connectivity index (χ3v) is 3.92. The summed E-state index contributed by atoms with van der Waals surface area (Å²) in [4.78, 5) is 17.5. The maximum Gasteiger partial charge on any atom is 0.339 e. The summed E-state index contributed by atoms with van der Waals surface area (Å²) in [6.07, 6.45) is 3.22. The normalized spacial score (nSPS) is 19.0. The number of pyridine rings is 1. The smallest absolute Gasteiger partial charge is 0.339 e. The van der Waals surface area contributed by atoms with Crippen LogP contribution in [-0.2, 0) is 0 Å². The number of carboxylic acids is 1. The van der Waals surface area contributed by atoms with Crippen LogP contribution in [0.25, 0.3) is 0 Å². The number of aromatic nitrogens is 1. The molecule has 2 heterocycles. The van der Waals surface area contributed by atoms with E-state index in [1.165, 1.54) is 12.1 Å². The topological polar surface area (TPSA) is 53.4 Å². The van der Waals surface area contributed by atoms with Crippen molar-refractivity contribution in [2.75, 3.05) is 18.0 Å². The lowest BCUT2D eigenvalue weighted by Crippen LogP contribution is -2.28. The summed E-state index contributed by atoms with van der Waals surface area (Å²) >= 11 is 5.91. The van der Waals surface area contributed by atoms with Crippen LogP contribution in [0.1, 0.15) is 43.5 Å². The average Bonchev–Trinajstić information content (AvgIpc) is 2.49. The summed E-state index contributed by atoms with van der Waals surface area (Å²) in [5.41, 5.74) is 0.528. The van der Waals surface area contributed by atoms with Crippen molar-refractivity contribution in [3.05, 3.63) is 22.8 Å². The van der Waals surface area contributed by atoms with Gasteiger partial charge in [-0.25, -0.2) is 9.78 Å². The molecule has 1 N–H and O–H groups in total. The molecule has 0 radical (unpaired) electrons. The van der Waals surface area contributed by atoms with Gasteiger partial charge in [-0.05, 0) is 36.8 Å². The molecule has 0 aliphatic carbocycles. The molecule has 2 rings (SSSR count). The standard InChI is InChI=1S/C14H19ClN2O2/c1-14(2)6-3-8-17(9-7-14)12-10(13(18)19)4-5-11(15)16-12/h4-5H,3,6-9H2,1-2H3,(H,18,19). The van der Waals surface area contributed by atoms with Crippen LogP contribution < -0.4 is 4.90 Å². The number of carboxylic acid groups (broad SMARTS) is 1. The molecule has 1 aliphatic rings. The fourth-order valence-corrected chi connectivity index (χ4v) is 2.61. The van der Waals surface area contributed by atoms with Gasteiger partial charge in [0.2, 0.25) is 0 Å². The van der Waals surface area contributed by atoms with Gasteiger partial charge in [0.05, 0.1) is 0 Å². The van der Waals surface area contributed by atoms with E-state index in [0.717, 1.165) is 32.4 Å². The number of aromatic carboxylic acids is 1. The predicted molar refractivity (Wildman–Crippen MR) is 76.1 cm³/mol. The Labute approximate surface area is 118 Å². The highest BCUT2D eigenvalue weighted by Gasteiger charge is 2.26. The first-order chi connectivity index (χ1) is 8.89. The zero-order valence-electron chi connectivity index (χ0n) is 11.3. The maximum absolute atomic E-state index is 11.3. The molecule has 104 valence electrons. The van der Waals surface area contributed by atoms with Gasteiger partial charge in [-0.15, -0.1) is 0 Å². The van der Waals surface area contributed by atoms with Crippen molar-refractivity contribution in [3.8, 4) is 0 Å². The van der Waals surface area contributed by atoms with Crippen LogP contribution >= 0.6 is 11.6 Å². The van der Waals surface area contributed by atoms with Crippen LogP contribution in [0.15, 0.2) is 12.1 Å². The Morgan fingerprint density at radius 2 is 2.11 bits per heavy atom. The number of halogens is 1. The summed E-state index contributed by atoms with van der Waals surface area (Å²) in [6, 6.07) is 3.05. The summed E-state index contributed by atoms with van der Waals surface area (Å²) in [7, 11) is 0. The molecule has 0 atom stereocenters. The molecule has 0 amide bonds.